The molecule has 0 atom stereocenters. The quantitative estimate of drug-likeness (QED) is 0.215. The van der Waals surface area contributed by atoms with Crippen molar-refractivity contribution in [2.24, 2.45) is 0 Å². The Hall–Kier alpha value is -2.90. The van der Waals surface area contributed by atoms with E-state index >= 15 is 0 Å². The van der Waals surface area contributed by atoms with Crippen molar-refractivity contribution < 1.29 is 27.4 Å². The molecular formula is C21H15BrF3N3O4S2. The minimum absolute atomic E-state index is 0.222. The molecule has 0 amide bonds. The monoisotopic (exact) mass is 573 g/mol. The largest absolute Gasteiger partial charge is 0.573 e. The molecule has 0 spiro atoms. The molecule has 0 unspecified atom stereocenters. The van der Waals surface area contributed by atoms with E-state index in [1.54, 1.807) is 18.2 Å². The van der Waals surface area contributed by atoms with Crippen LogP contribution in [0.4, 0.5) is 13.2 Å². The number of thiazole rings is 1. The molecule has 0 bridgehead atoms. The molecule has 2 heterocycles. The van der Waals surface area contributed by atoms with E-state index in [0.717, 1.165) is 11.3 Å². The molecule has 0 saturated heterocycles. The maximum Gasteiger partial charge on any atom is 0.573 e. The summed E-state index contributed by atoms with van der Waals surface area (Å²) in [5.41, 5.74) is 0.792. The second kappa shape index (κ2) is 9.39. The number of ether oxygens (including phenoxy) is 3. The predicted molar refractivity (Wildman–Crippen MR) is 128 cm³/mol. The molecule has 7 nitrogen and oxygen atoms in total. The molecule has 4 rings (SSSR count). The molecule has 0 aliphatic carbocycles. The molecule has 0 saturated carbocycles. The van der Waals surface area contributed by atoms with E-state index in [0.29, 0.717) is 32.7 Å². The van der Waals surface area contributed by atoms with Crippen LogP contribution >= 0.6 is 39.5 Å². The molecule has 34 heavy (non-hydrogen) atoms. The molecule has 0 N–H and O–H groups in total. The highest BCUT2D eigenvalue weighted by atomic mass is 79.9. The smallest absolute Gasteiger partial charge is 0.497 e. The number of aromatic nitrogens is 3. The third-order valence-corrected chi connectivity index (χ3v) is 6.60. The Labute approximate surface area is 208 Å². The van der Waals surface area contributed by atoms with Gasteiger partial charge in [0.25, 0.3) is 5.56 Å². The standard InChI is InChI=1S/C21H15BrF3N3O4S2/c1-30-13-7-8-15(31-2)14(9-13)28-16(10-22)26-18-17(19(28)29)34-20(33)27(18)11-3-5-12(6-4-11)32-21(23,24)25/h3-9H,10H2,1-2H3. The molecule has 4 aromatic rings. The lowest BCUT2D eigenvalue weighted by Gasteiger charge is -2.16. The SMILES string of the molecule is COc1ccc(OC)c(-n2c(CBr)nc3c(sc(=S)n3-c3ccc(OC(F)(F)F)cc3)c2=O)c1. The van der Waals surface area contributed by atoms with Gasteiger partial charge in [-0.2, -0.15) is 0 Å². The Bertz CT molecular complexity index is 1480. The fourth-order valence-corrected chi connectivity index (χ4v) is 5.01. The fourth-order valence-electron chi connectivity index (χ4n) is 3.33. The van der Waals surface area contributed by atoms with Gasteiger partial charge in [-0.15, -0.1) is 13.2 Å². The molecule has 0 radical (unpaired) electrons. The van der Waals surface area contributed by atoms with Crippen molar-refractivity contribution in [2.45, 2.75) is 11.7 Å². The number of fused-ring (bicyclic) bond motifs is 1. The van der Waals surface area contributed by atoms with Gasteiger partial charge < -0.3 is 14.2 Å². The third kappa shape index (κ3) is 4.55. The van der Waals surface area contributed by atoms with Crippen molar-refractivity contribution in [3.05, 3.63) is 62.6 Å². The second-order valence-electron chi connectivity index (χ2n) is 6.74. The average Bonchev–Trinajstić information content (AvgIpc) is 3.14. The van der Waals surface area contributed by atoms with Gasteiger partial charge in [0.1, 0.15) is 27.8 Å². The van der Waals surface area contributed by atoms with E-state index < -0.39 is 6.36 Å². The van der Waals surface area contributed by atoms with Crippen LogP contribution in [0, 0.1) is 3.95 Å². The van der Waals surface area contributed by atoms with Gasteiger partial charge in [0.15, 0.2) is 9.60 Å². The first-order valence-electron chi connectivity index (χ1n) is 9.49. The molecular weight excluding hydrogens is 559 g/mol. The zero-order valence-corrected chi connectivity index (χ0v) is 20.8. The van der Waals surface area contributed by atoms with Crippen molar-refractivity contribution >= 4 is 49.8 Å². The van der Waals surface area contributed by atoms with Gasteiger partial charge in [0, 0.05) is 11.8 Å². The summed E-state index contributed by atoms with van der Waals surface area (Å²) in [4.78, 5) is 18.3. The van der Waals surface area contributed by atoms with Crippen LogP contribution in [-0.4, -0.2) is 34.7 Å². The zero-order chi connectivity index (χ0) is 24.6. The lowest BCUT2D eigenvalue weighted by molar-refractivity contribution is -0.274. The summed E-state index contributed by atoms with van der Waals surface area (Å²) in [5, 5.41) is 0.222. The minimum atomic E-state index is -4.80. The number of hydrogen-bond donors (Lipinski definition) is 0. The van der Waals surface area contributed by atoms with Crippen molar-refractivity contribution in [2.75, 3.05) is 14.2 Å². The first-order chi connectivity index (χ1) is 16.2. The third-order valence-electron chi connectivity index (χ3n) is 4.75. The summed E-state index contributed by atoms with van der Waals surface area (Å²) in [5.74, 6) is 0.954. The van der Waals surface area contributed by atoms with Crippen LogP contribution in [-0.2, 0) is 5.33 Å². The van der Waals surface area contributed by atoms with Crippen LogP contribution < -0.4 is 19.8 Å². The fraction of sp³-hybridized carbons (Fsp3) is 0.190. The number of nitrogens with zero attached hydrogens (tertiary/aromatic N) is 3. The first kappa shape index (κ1) is 24.2. The van der Waals surface area contributed by atoms with Crippen molar-refractivity contribution in [1.29, 1.82) is 0 Å². The van der Waals surface area contributed by atoms with Crippen LogP contribution in [0.1, 0.15) is 5.82 Å². The minimum Gasteiger partial charge on any atom is -0.497 e. The highest BCUT2D eigenvalue weighted by Gasteiger charge is 2.31. The highest BCUT2D eigenvalue weighted by Crippen LogP contribution is 2.31. The van der Waals surface area contributed by atoms with Gasteiger partial charge in [-0.25, -0.2) is 4.98 Å². The average molecular weight is 574 g/mol. The van der Waals surface area contributed by atoms with Crippen molar-refractivity contribution in [1.82, 2.24) is 14.1 Å². The molecule has 13 heteroatoms. The molecule has 0 fully saturated rings. The number of methoxy groups -OCH3 is 2. The predicted octanol–water partition coefficient (Wildman–Crippen LogP) is 5.78. The second-order valence-corrected chi connectivity index (χ2v) is 8.94. The number of benzene rings is 2. The Morgan fingerprint density at radius 1 is 1.06 bits per heavy atom. The Morgan fingerprint density at radius 2 is 1.74 bits per heavy atom. The summed E-state index contributed by atoms with van der Waals surface area (Å²) < 4.78 is 55.6. The summed E-state index contributed by atoms with van der Waals surface area (Å²) in [6.07, 6.45) is -4.80. The maximum atomic E-state index is 13.6. The van der Waals surface area contributed by atoms with Crippen molar-refractivity contribution in [3.63, 3.8) is 0 Å². The van der Waals surface area contributed by atoms with Gasteiger partial charge in [-0.3, -0.25) is 13.9 Å². The van der Waals surface area contributed by atoms with E-state index in [1.807, 2.05) is 0 Å². The Morgan fingerprint density at radius 3 is 2.32 bits per heavy atom. The lowest BCUT2D eigenvalue weighted by Crippen LogP contribution is -2.23. The van der Waals surface area contributed by atoms with E-state index in [4.69, 9.17) is 21.7 Å². The van der Waals surface area contributed by atoms with Crippen LogP contribution in [0.15, 0.2) is 47.3 Å². The molecule has 0 aliphatic heterocycles. The van der Waals surface area contributed by atoms with Crippen molar-refractivity contribution in [3.8, 4) is 28.6 Å². The molecule has 0 aliphatic rings. The molecule has 2 aromatic heterocycles. The zero-order valence-electron chi connectivity index (χ0n) is 17.6. The van der Waals surface area contributed by atoms with Gasteiger partial charge >= 0.3 is 6.36 Å². The Kier molecular flexibility index (Phi) is 6.69. The molecule has 178 valence electrons. The van der Waals surface area contributed by atoms with Gasteiger partial charge in [0.2, 0.25) is 0 Å². The van der Waals surface area contributed by atoms with Gasteiger partial charge in [0.05, 0.1) is 25.2 Å². The number of hydrogen-bond acceptors (Lipinski definition) is 7. The normalized spacial score (nSPS) is 11.6. The number of halogens is 4. The summed E-state index contributed by atoms with van der Waals surface area (Å²) >= 11 is 9.90. The number of rotatable bonds is 6. The van der Waals surface area contributed by atoms with Crippen LogP contribution in [0.2, 0.25) is 0 Å². The lowest BCUT2D eigenvalue weighted by atomic mass is 10.2. The summed E-state index contributed by atoms with van der Waals surface area (Å²) in [6.45, 7) is 0. The van der Waals surface area contributed by atoms with Gasteiger partial charge in [-0.05, 0) is 48.6 Å². The van der Waals surface area contributed by atoms with E-state index in [-0.39, 0.29) is 27.0 Å². The van der Waals surface area contributed by atoms with Crippen LogP contribution in [0.25, 0.3) is 21.7 Å². The van der Waals surface area contributed by atoms with E-state index in [1.165, 1.54) is 47.6 Å². The summed E-state index contributed by atoms with van der Waals surface area (Å²) in [7, 11) is 3.00. The highest BCUT2D eigenvalue weighted by molar-refractivity contribution is 9.08. The topological polar surface area (TPSA) is 67.5 Å². The van der Waals surface area contributed by atoms with Crippen LogP contribution in [0.5, 0.6) is 17.2 Å². The first-order valence-corrected chi connectivity index (χ1v) is 11.8. The summed E-state index contributed by atoms with van der Waals surface area (Å²) in [6, 6.07) is 10.2. The van der Waals surface area contributed by atoms with Gasteiger partial charge in [-0.1, -0.05) is 27.3 Å². The molecule has 2 aromatic carbocycles. The van der Waals surface area contributed by atoms with E-state index in [2.05, 4.69) is 25.7 Å². The van der Waals surface area contributed by atoms with Crippen LogP contribution in [0.3, 0.4) is 0 Å². The van der Waals surface area contributed by atoms with E-state index in [9.17, 15) is 18.0 Å². The Balaban J connectivity index is 1.92. The number of alkyl halides is 4. The maximum absolute atomic E-state index is 13.6.